The fourth-order valence-corrected chi connectivity index (χ4v) is 2.51. The van der Waals surface area contributed by atoms with Crippen LogP contribution in [-0.4, -0.2) is 18.4 Å². The lowest BCUT2D eigenvalue weighted by molar-refractivity contribution is 0.0956. The van der Waals surface area contributed by atoms with E-state index in [0.29, 0.717) is 23.4 Å². The maximum Gasteiger partial charge on any atom is 0.256 e. The molecule has 0 saturated carbocycles. The molecule has 0 spiro atoms. The van der Waals surface area contributed by atoms with Crippen molar-refractivity contribution in [1.82, 2.24) is 5.32 Å². The van der Waals surface area contributed by atoms with Gasteiger partial charge in [0.05, 0.1) is 16.8 Å². The van der Waals surface area contributed by atoms with Gasteiger partial charge in [0.2, 0.25) is 0 Å². The maximum absolute atomic E-state index is 12.3. The third kappa shape index (κ3) is 3.81. The van der Waals surface area contributed by atoms with E-state index in [2.05, 4.69) is 33.2 Å². The molecule has 0 atom stereocenters. The van der Waals surface area contributed by atoms with E-state index in [4.69, 9.17) is 0 Å². The average molecular weight is 394 g/mol. The fraction of sp³-hybridized carbons (Fsp3) is 0.125. The molecule has 2 amide bonds. The molecule has 2 aromatic carbocycles. The molecule has 0 saturated heterocycles. The Hall–Kier alpha value is -1.89. The molecule has 0 radical (unpaired) electrons. The molecule has 0 fully saturated rings. The molecule has 0 aliphatic carbocycles. The quantitative estimate of drug-likeness (QED) is 0.782. The Bertz CT molecular complexity index is 671. The lowest BCUT2D eigenvalue weighted by Crippen LogP contribution is -2.25. The van der Waals surface area contributed by atoms with Crippen LogP contribution in [0.4, 0.5) is 5.69 Å². The first-order valence-corrected chi connectivity index (χ1v) is 7.64. The zero-order valence-electron chi connectivity index (χ0n) is 11.5. The third-order valence-corrected chi connectivity index (χ3v) is 3.82. The van der Waals surface area contributed by atoms with Gasteiger partial charge >= 0.3 is 0 Å². The van der Waals surface area contributed by atoms with Gasteiger partial charge in [0.1, 0.15) is 0 Å². The smallest absolute Gasteiger partial charge is 0.256 e. The summed E-state index contributed by atoms with van der Waals surface area (Å²) in [4.78, 5) is 24.3. The van der Waals surface area contributed by atoms with Gasteiger partial charge in [-0.2, -0.15) is 0 Å². The van der Waals surface area contributed by atoms with Crippen LogP contribution in [0.25, 0.3) is 0 Å². The fourth-order valence-electron chi connectivity index (χ4n) is 1.88. The molecule has 0 aliphatic heterocycles. The largest absolute Gasteiger partial charge is 0.352 e. The highest BCUT2D eigenvalue weighted by Crippen LogP contribution is 2.18. The lowest BCUT2D eigenvalue weighted by Gasteiger charge is -2.11. The molecule has 2 aromatic rings. The van der Waals surface area contributed by atoms with Gasteiger partial charge in [0.25, 0.3) is 11.8 Å². The summed E-state index contributed by atoms with van der Waals surface area (Å²) in [7, 11) is 0. The van der Waals surface area contributed by atoms with E-state index in [1.807, 2.05) is 25.1 Å². The van der Waals surface area contributed by atoms with Crippen LogP contribution in [0.5, 0.6) is 0 Å². The number of hydrogen-bond acceptors (Lipinski definition) is 2. The van der Waals surface area contributed by atoms with E-state index in [0.717, 1.165) is 3.57 Å². The first-order chi connectivity index (χ1) is 10.1. The van der Waals surface area contributed by atoms with Crippen molar-refractivity contribution in [3.63, 3.8) is 0 Å². The molecule has 5 heteroatoms. The molecule has 4 nitrogen and oxygen atoms in total. The number of carbonyl (C=O) groups is 2. The molecule has 0 heterocycles. The Morgan fingerprint density at radius 2 is 1.57 bits per heavy atom. The zero-order valence-corrected chi connectivity index (χ0v) is 13.7. The standard InChI is InChI=1S/C16H15IN2O2/c1-2-18-15(20)12-8-4-6-10-14(12)19-16(21)11-7-3-5-9-13(11)17/h3-10H,2H2,1H3,(H,18,20)(H,19,21). The van der Waals surface area contributed by atoms with Crippen molar-refractivity contribution in [3.8, 4) is 0 Å². The highest BCUT2D eigenvalue weighted by molar-refractivity contribution is 14.1. The summed E-state index contributed by atoms with van der Waals surface area (Å²) in [6, 6.07) is 14.3. The van der Waals surface area contributed by atoms with Crippen molar-refractivity contribution >= 4 is 40.1 Å². The SMILES string of the molecule is CCNC(=O)c1ccccc1NC(=O)c1ccccc1I. The topological polar surface area (TPSA) is 58.2 Å². The summed E-state index contributed by atoms with van der Waals surface area (Å²) in [5.41, 5.74) is 1.55. The molecule has 0 aromatic heterocycles. The Labute approximate surface area is 137 Å². The lowest BCUT2D eigenvalue weighted by atomic mass is 10.1. The molecule has 2 N–H and O–H groups in total. The van der Waals surface area contributed by atoms with Crippen LogP contribution >= 0.6 is 22.6 Å². The van der Waals surface area contributed by atoms with E-state index in [1.54, 1.807) is 30.3 Å². The molecule has 0 bridgehead atoms. The van der Waals surface area contributed by atoms with Gasteiger partial charge in [0, 0.05) is 10.1 Å². The van der Waals surface area contributed by atoms with Gasteiger partial charge < -0.3 is 10.6 Å². The molecular formula is C16H15IN2O2. The minimum Gasteiger partial charge on any atom is -0.352 e. The monoisotopic (exact) mass is 394 g/mol. The summed E-state index contributed by atoms with van der Waals surface area (Å²) < 4.78 is 0.864. The molecule has 2 rings (SSSR count). The van der Waals surface area contributed by atoms with Crippen LogP contribution < -0.4 is 10.6 Å². The van der Waals surface area contributed by atoms with Gasteiger partial charge in [-0.05, 0) is 53.8 Å². The van der Waals surface area contributed by atoms with Crippen molar-refractivity contribution in [2.45, 2.75) is 6.92 Å². The number of halogens is 1. The molecular weight excluding hydrogens is 379 g/mol. The second-order valence-electron chi connectivity index (χ2n) is 4.34. The number of anilines is 1. The Kier molecular flexibility index (Phi) is 5.32. The van der Waals surface area contributed by atoms with Gasteiger partial charge in [-0.15, -0.1) is 0 Å². The number of amides is 2. The van der Waals surface area contributed by atoms with Crippen LogP contribution in [-0.2, 0) is 0 Å². The van der Waals surface area contributed by atoms with Gasteiger partial charge in [0.15, 0.2) is 0 Å². The minimum atomic E-state index is -0.225. The average Bonchev–Trinajstić information content (AvgIpc) is 2.48. The van der Waals surface area contributed by atoms with Crippen LogP contribution in [0.2, 0.25) is 0 Å². The number of nitrogens with one attached hydrogen (secondary N) is 2. The molecule has 0 unspecified atom stereocenters. The summed E-state index contributed by atoms with van der Waals surface area (Å²) in [5, 5.41) is 5.54. The predicted octanol–water partition coefficient (Wildman–Crippen LogP) is 3.29. The first-order valence-electron chi connectivity index (χ1n) is 6.56. The Morgan fingerprint density at radius 1 is 0.952 bits per heavy atom. The van der Waals surface area contributed by atoms with E-state index in [-0.39, 0.29) is 11.8 Å². The summed E-state index contributed by atoms with van der Waals surface area (Å²) >= 11 is 2.11. The highest BCUT2D eigenvalue weighted by Gasteiger charge is 2.14. The van der Waals surface area contributed by atoms with E-state index < -0.39 is 0 Å². The van der Waals surface area contributed by atoms with Crippen molar-refractivity contribution in [3.05, 3.63) is 63.2 Å². The number of para-hydroxylation sites is 1. The van der Waals surface area contributed by atoms with Crippen molar-refractivity contribution in [1.29, 1.82) is 0 Å². The second-order valence-corrected chi connectivity index (χ2v) is 5.50. The maximum atomic E-state index is 12.3. The minimum absolute atomic E-state index is 0.198. The summed E-state index contributed by atoms with van der Waals surface area (Å²) in [5.74, 6) is -0.423. The molecule has 108 valence electrons. The first kappa shape index (κ1) is 15.5. The van der Waals surface area contributed by atoms with Crippen molar-refractivity contribution < 1.29 is 9.59 Å². The Balaban J connectivity index is 2.26. The van der Waals surface area contributed by atoms with E-state index >= 15 is 0 Å². The normalized spacial score (nSPS) is 10.0. The van der Waals surface area contributed by atoms with Crippen molar-refractivity contribution in [2.75, 3.05) is 11.9 Å². The van der Waals surface area contributed by atoms with Crippen LogP contribution in [0.15, 0.2) is 48.5 Å². The van der Waals surface area contributed by atoms with Crippen LogP contribution in [0.1, 0.15) is 27.6 Å². The van der Waals surface area contributed by atoms with Crippen LogP contribution in [0, 0.1) is 3.57 Å². The third-order valence-electron chi connectivity index (χ3n) is 2.88. The van der Waals surface area contributed by atoms with Crippen LogP contribution in [0.3, 0.4) is 0 Å². The number of rotatable bonds is 4. The molecule has 21 heavy (non-hydrogen) atoms. The van der Waals surface area contributed by atoms with Gasteiger partial charge in [-0.3, -0.25) is 9.59 Å². The van der Waals surface area contributed by atoms with Gasteiger partial charge in [-0.25, -0.2) is 0 Å². The molecule has 0 aliphatic rings. The van der Waals surface area contributed by atoms with E-state index in [1.165, 1.54) is 0 Å². The zero-order chi connectivity index (χ0) is 15.2. The van der Waals surface area contributed by atoms with Gasteiger partial charge in [-0.1, -0.05) is 24.3 Å². The summed E-state index contributed by atoms with van der Waals surface area (Å²) in [6.07, 6.45) is 0. The second kappa shape index (κ2) is 7.21. The summed E-state index contributed by atoms with van der Waals surface area (Å²) in [6.45, 7) is 2.39. The Morgan fingerprint density at radius 3 is 2.24 bits per heavy atom. The highest BCUT2D eigenvalue weighted by atomic mass is 127. The van der Waals surface area contributed by atoms with E-state index in [9.17, 15) is 9.59 Å². The number of benzene rings is 2. The number of hydrogen-bond donors (Lipinski definition) is 2. The predicted molar refractivity (Wildman–Crippen MR) is 91.6 cm³/mol. The van der Waals surface area contributed by atoms with Crippen molar-refractivity contribution in [2.24, 2.45) is 0 Å². The number of carbonyl (C=O) groups excluding carboxylic acids is 2.